The van der Waals surface area contributed by atoms with Gasteiger partial charge in [0.1, 0.15) is 29.4 Å². The van der Waals surface area contributed by atoms with Crippen LogP contribution in [0.2, 0.25) is 0 Å². The van der Waals surface area contributed by atoms with Gasteiger partial charge in [-0.1, -0.05) is 0 Å². The van der Waals surface area contributed by atoms with Crippen LogP contribution in [0.15, 0.2) is 36.5 Å². The number of piperidine rings is 1. The van der Waals surface area contributed by atoms with E-state index in [1.54, 1.807) is 4.90 Å². The molecule has 3 aliphatic rings. The molecule has 0 N–H and O–H groups in total. The van der Waals surface area contributed by atoms with Crippen molar-refractivity contribution >= 4 is 11.8 Å². The predicted octanol–water partition coefficient (Wildman–Crippen LogP) is 3.19. The number of benzene rings is 1. The zero-order valence-corrected chi connectivity index (χ0v) is 16.6. The number of halogens is 3. The highest BCUT2D eigenvalue weighted by atomic mass is 19.1. The second-order valence-electron chi connectivity index (χ2n) is 8.23. The summed E-state index contributed by atoms with van der Waals surface area (Å²) in [7, 11) is 0. The number of pyridine rings is 1. The lowest BCUT2D eigenvalue weighted by Crippen LogP contribution is -2.51. The number of nitrogens with zero attached hydrogens (tertiary/aromatic N) is 3. The summed E-state index contributed by atoms with van der Waals surface area (Å²) in [6, 6.07) is 5.12. The van der Waals surface area contributed by atoms with Gasteiger partial charge in [-0.25, -0.2) is 13.2 Å². The van der Waals surface area contributed by atoms with Gasteiger partial charge in [-0.05, 0) is 36.6 Å². The van der Waals surface area contributed by atoms with E-state index >= 15 is 0 Å². The molecule has 5 rings (SSSR count). The second kappa shape index (κ2) is 7.33. The lowest BCUT2D eigenvalue weighted by Gasteiger charge is -2.37. The molecule has 1 aromatic heterocycles. The van der Waals surface area contributed by atoms with Crippen LogP contribution in [-0.4, -0.2) is 51.5 Å². The zero-order chi connectivity index (χ0) is 21.8. The lowest BCUT2D eigenvalue weighted by molar-refractivity contribution is -0.142. The van der Waals surface area contributed by atoms with Crippen LogP contribution in [0.1, 0.15) is 47.8 Å². The molecule has 0 unspecified atom stereocenters. The summed E-state index contributed by atoms with van der Waals surface area (Å²) in [6.07, 6.45) is 2.52. The Kier molecular flexibility index (Phi) is 4.73. The quantitative estimate of drug-likeness (QED) is 0.733. The number of carbonyl (C=O) groups excluding carboxylic acids is 2. The first-order chi connectivity index (χ1) is 14.9. The Morgan fingerprint density at radius 1 is 1.03 bits per heavy atom. The van der Waals surface area contributed by atoms with E-state index in [1.807, 2.05) is 0 Å². The number of hydrogen-bond acceptors (Lipinski definition) is 4. The number of likely N-dealkylation sites (tertiary alicyclic amines) is 1. The maximum atomic E-state index is 13.7. The highest BCUT2D eigenvalue weighted by molar-refractivity contribution is 5.93. The molecule has 4 heterocycles. The second-order valence-corrected chi connectivity index (χ2v) is 8.23. The fraction of sp³-hybridized carbons (Fsp3) is 0.409. The number of aromatic nitrogens is 1. The highest BCUT2D eigenvalue weighted by Gasteiger charge is 2.58. The van der Waals surface area contributed by atoms with E-state index in [9.17, 15) is 22.8 Å². The minimum absolute atomic E-state index is 0.0171. The third-order valence-electron chi connectivity index (χ3n) is 6.39. The van der Waals surface area contributed by atoms with Crippen molar-refractivity contribution in [3.63, 3.8) is 0 Å². The van der Waals surface area contributed by atoms with Gasteiger partial charge < -0.3 is 14.5 Å². The van der Waals surface area contributed by atoms with Crippen LogP contribution in [0.5, 0.6) is 0 Å². The van der Waals surface area contributed by atoms with Gasteiger partial charge in [-0.15, -0.1) is 0 Å². The Balaban J connectivity index is 1.32. The van der Waals surface area contributed by atoms with Gasteiger partial charge in [-0.2, -0.15) is 0 Å². The van der Waals surface area contributed by atoms with Crippen molar-refractivity contribution in [3.8, 4) is 0 Å². The third-order valence-corrected chi connectivity index (χ3v) is 6.39. The van der Waals surface area contributed by atoms with Crippen LogP contribution in [0.4, 0.5) is 13.2 Å². The Hall–Kier alpha value is -2.94. The molecule has 31 heavy (non-hydrogen) atoms. The summed E-state index contributed by atoms with van der Waals surface area (Å²) in [6.45, 7) is 0.533. The standard InChI is InChI=1S/C22H20F3N3O3/c23-14-3-6-26-17(12-14)20(29)27-7-4-22(5-8-27)21(30)28-18(1-2-19(28)31-22)13-9-15(24)11-16(25)10-13/h3,6,9-12,18-19H,1-2,4-5,7-8H2/t18-,19+/m0/s1. The molecule has 2 amide bonds. The highest BCUT2D eigenvalue weighted by Crippen LogP contribution is 2.47. The molecular weight excluding hydrogens is 411 g/mol. The molecule has 2 aromatic rings. The van der Waals surface area contributed by atoms with E-state index in [2.05, 4.69) is 4.98 Å². The molecule has 0 saturated carbocycles. The Labute approximate surface area is 176 Å². The van der Waals surface area contributed by atoms with Crippen molar-refractivity contribution in [2.45, 2.75) is 43.6 Å². The molecule has 0 aliphatic carbocycles. The molecule has 0 bridgehead atoms. The fourth-order valence-corrected chi connectivity index (χ4v) is 4.89. The Morgan fingerprint density at radius 3 is 2.42 bits per heavy atom. The Morgan fingerprint density at radius 2 is 1.74 bits per heavy atom. The van der Waals surface area contributed by atoms with Gasteiger partial charge in [0, 0.05) is 44.3 Å². The van der Waals surface area contributed by atoms with E-state index in [-0.39, 0.29) is 24.7 Å². The molecule has 3 fully saturated rings. The fourth-order valence-electron chi connectivity index (χ4n) is 4.89. The summed E-state index contributed by atoms with van der Waals surface area (Å²) in [5, 5.41) is 0. The van der Waals surface area contributed by atoms with Crippen LogP contribution >= 0.6 is 0 Å². The maximum absolute atomic E-state index is 13.7. The molecule has 0 radical (unpaired) electrons. The maximum Gasteiger partial charge on any atom is 0.272 e. The van der Waals surface area contributed by atoms with Crippen molar-refractivity contribution < 1.29 is 27.5 Å². The normalized spacial score (nSPS) is 24.7. The minimum Gasteiger partial charge on any atom is -0.342 e. The van der Waals surface area contributed by atoms with Gasteiger partial charge in [0.25, 0.3) is 11.8 Å². The van der Waals surface area contributed by atoms with Gasteiger partial charge >= 0.3 is 0 Å². The van der Waals surface area contributed by atoms with Crippen molar-refractivity contribution in [3.05, 3.63) is 65.2 Å². The average Bonchev–Trinajstić information content (AvgIpc) is 3.26. The van der Waals surface area contributed by atoms with E-state index in [0.717, 1.165) is 12.1 Å². The molecule has 162 valence electrons. The van der Waals surface area contributed by atoms with Gasteiger partial charge in [0.2, 0.25) is 0 Å². The van der Waals surface area contributed by atoms with E-state index in [1.165, 1.54) is 29.3 Å². The van der Waals surface area contributed by atoms with Crippen LogP contribution < -0.4 is 0 Å². The third kappa shape index (κ3) is 3.37. The SMILES string of the molecule is O=C(c1cc(F)ccn1)N1CCC2(CC1)O[C@@H]1CC[C@@H](c3cc(F)cc(F)c3)N1C2=O. The first kappa shape index (κ1) is 20.0. The topological polar surface area (TPSA) is 62.7 Å². The largest absolute Gasteiger partial charge is 0.342 e. The van der Waals surface area contributed by atoms with Crippen LogP contribution in [0.25, 0.3) is 0 Å². The minimum atomic E-state index is -1.05. The summed E-state index contributed by atoms with van der Waals surface area (Å²) in [5.41, 5.74) is -0.622. The molecule has 1 aromatic carbocycles. The number of ether oxygens (including phenoxy) is 1. The molecule has 1 spiro atoms. The van der Waals surface area contributed by atoms with Crippen molar-refractivity contribution in [2.75, 3.05) is 13.1 Å². The molecule has 3 aliphatic heterocycles. The summed E-state index contributed by atoms with van der Waals surface area (Å²) in [5.74, 6) is -2.51. The monoisotopic (exact) mass is 431 g/mol. The van der Waals surface area contributed by atoms with E-state index in [4.69, 9.17) is 4.74 Å². The van der Waals surface area contributed by atoms with Gasteiger partial charge in [0.15, 0.2) is 5.60 Å². The summed E-state index contributed by atoms with van der Waals surface area (Å²) < 4.78 is 47.0. The number of amides is 2. The van der Waals surface area contributed by atoms with E-state index in [0.29, 0.717) is 31.2 Å². The van der Waals surface area contributed by atoms with Crippen LogP contribution in [0.3, 0.4) is 0 Å². The molecule has 3 saturated heterocycles. The van der Waals surface area contributed by atoms with Crippen molar-refractivity contribution in [1.29, 1.82) is 0 Å². The summed E-state index contributed by atoms with van der Waals surface area (Å²) >= 11 is 0. The van der Waals surface area contributed by atoms with E-state index < -0.39 is 41.2 Å². The van der Waals surface area contributed by atoms with Gasteiger partial charge in [-0.3, -0.25) is 14.6 Å². The smallest absolute Gasteiger partial charge is 0.272 e. The molecular formula is C22H20F3N3O3. The predicted molar refractivity (Wildman–Crippen MR) is 102 cm³/mol. The number of carbonyl (C=O) groups is 2. The molecule has 9 heteroatoms. The number of fused-ring (bicyclic) bond motifs is 1. The average molecular weight is 431 g/mol. The summed E-state index contributed by atoms with van der Waals surface area (Å²) in [4.78, 5) is 33.0. The lowest BCUT2D eigenvalue weighted by atomic mass is 9.89. The van der Waals surface area contributed by atoms with Gasteiger partial charge in [0.05, 0.1) is 6.04 Å². The molecule has 6 nitrogen and oxygen atoms in total. The van der Waals surface area contributed by atoms with Crippen LogP contribution in [-0.2, 0) is 9.53 Å². The first-order valence-corrected chi connectivity index (χ1v) is 10.2. The zero-order valence-electron chi connectivity index (χ0n) is 16.6. The first-order valence-electron chi connectivity index (χ1n) is 10.2. The van der Waals surface area contributed by atoms with Crippen molar-refractivity contribution in [2.24, 2.45) is 0 Å². The molecule has 2 atom stereocenters. The van der Waals surface area contributed by atoms with Crippen LogP contribution in [0, 0.1) is 17.5 Å². The Bertz CT molecular complexity index is 1040. The van der Waals surface area contributed by atoms with Crippen molar-refractivity contribution in [1.82, 2.24) is 14.8 Å². The number of rotatable bonds is 2. The number of hydrogen-bond donors (Lipinski definition) is 0.